The van der Waals surface area contributed by atoms with E-state index < -0.39 is 17.0 Å². The van der Waals surface area contributed by atoms with E-state index in [0.717, 1.165) is 0 Å². The van der Waals surface area contributed by atoms with Gasteiger partial charge in [0.25, 0.3) is 0 Å². The predicted octanol–water partition coefficient (Wildman–Crippen LogP) is 0.370. The molecule has 0 aromatic carbocycles. The molecule has 2 atom stereocenters. The van der Waals surface area contributed by atoms with E-state index in [2.05, 4.69) is 15.3 Å². The smallest absolute Gasteiger partial charge is 0.343 e. The van der Waals surface area contributed by atoms with Crippen LogP contribution >= 0.6 is 0 Å². The molecule has 4 N–H and O–H groups in total. The summed E-state index contributed by atoms with van der Waals surface area (Å²) in [6.45, 7) is 4.92. The second-order valence-electron chi connectivity index (χ2n) is 5.14. The number of aromatic nitrogens is 2. The summed E-state index contributed by atoms with van der Waals surface area (Å²) in [5.74, 6) is -0.589. The van der Waals surface area contributed by atoms with Crippen LogP contribution < -0.4 is 11.1 Å². The van der Waals surface area contributed by atoms with Gasteiger partial charge in [0.15, 0.2) is 11.6 Å². The monoisotopic (exact) mass is 311 g/mol. The quantitative estimate of drug-likeness (QED) is 0.467. The maximum Gasteiger partial charge on any atom is 0.343 e. The number of nitrogens with one attached hydrogen (secondary N) is 2. The summed E-state index contributed by atoms with van der Waals surface area (Å²) >= 11 is 0. The van der Waals surface area contributed by atoms with E-state index in [-0.39, 0.29) is 36.0 Å². The molecule has 0 aliphatic heterocycles. The third-order valence-electron chi connectivity index (χ3n) is 3.06. The number of H-pyrrole nitrogens is 1. The fourth-order valence-electron chi connectivity index (χ4n) is 2.05. The van der Waals surface area contributed by atoms with Gasteiger partial charge >= 0.3 is 5.82 Å². The van der Waals surface area contributed by atoms with Gasteiger partial charge < -0.3 is 21.2 Å². The fraction of sp³-hybridized carbons (Fsp3) is 0.615. The molecule has 1 heterocycles. The van der Waals surface area contributed by atoms with Crippen molar-refractivity contribution in [3.8, 4) is 0 Å². The van der Waals surface area contributed by atoms with E-state index in [0.29, 0.717) is 12.2 Å². The molecule has 1 amide bonds. The average molecular weight is 311 g/mol. The number of aryl methyl sites for hydroxylation is 1. The molecule has 0 saturated heterocycles. The largest absolute Gasteiger partial charge is 0.358 e. The highest BCUT2D eigenvalue weighted by molar-refractivity contribution is 5.92. The van der Waals surface area contributed by atoms with Crippen molar-refractivity contribution >= 4 is 17.5 Å². The molecular weight excluding hydrogens is 290 g/mol. The molecule has 9 nitrogen and oxygen atoms in total. The van der Waals surface area contributed by atoms with Crippen LogP contribution in [-0.2, 0) is 16.0 Å². The minimum absolute atomic E-state index is 0.0729. The Labute approximate surface area is 127 Å². The minimum Gasteiger partial charge on any atom is -0.358 e. The van der Waals surface area contributed by atoms with Crippen LogP contribution in [0.15, 0.2) is 0 Å². The number of amides is 1. The number of carbonyl (C=O) groups excluding carboxylic acids is 2. The lowest BCUT2D eigenvalue weighted by Gasteiger charge is -2.18. The van der Waals surface area contributed by atoms with Crippen molar-refractivity contribution in [2.45, 2.75) is 52.1 Å². The van der Waals surface area contributed by atoms with Crippen LogP contribution in [-0.4, -0.2) is 38.7 Å². The summed E-state index contributed by atoms with van der Waals surface area (Å²) in [4.78, 5) is 40.8. The van der Waals surface area contributed by atoms with Gasteiger partial charge in [-0.1, -0.05) is 6.92 Å². The van der Waals surface area contributed by atoms with Crippen LogP contribution in [0.25, 0.3) is 0 Å². The number of hydrogen-bond acceptors (Lipinski definition) is 6. The number of carbonyl (C=O) groups is 2. The minimum atomic E-state index is -0.930. The fourth-order valence-corrected chi connectivity index (χ4v) is 2.05. The molecule has 1 unspecified atom stereocenters. The summed E-state index contributed by atoms with van der Waals surface area (Å²) in [5, 5.41) is 13.6. The predicted molar refractivity (Wildman–Crippen MR) is 79.2 cm³/mol. The zero-order valence-corrected chi connectivity index (χ0v) is 12.9. The van der Waals surface area contributed by atoms with Crippen molar-refractivity contribution in [2.75, 3.05) is 0 Å². The zero-order valence-electron chi connectivity index (χ0n) is 12.9. The summed E-state index contributed by atoms with van der Waals surface area (Å²) in [5.41, 5.74) is 5.70. The first-order valence-electron chi connectivity index (χ1n) is 7.04. The van der Waals surface area contributed by atoms with E-state index in [1.165, 1.54) is 6.92 Å². The van der Waals surface area contributed by atoms with Crippen LogP contribution in [0.2, 0.25) is 0 Å². The Kier molecular flexibility index (Phi) is 6.17. The Bertz CT molecular complexity index is 567. The molecule has 22 heavy (non-hydrogen) atoms. The van der Waals surface area contributed by atoms with Gasteiger partial charge in [0.2, 0.25) is 5.91 Å². The molecular formula is C13H21N5O4. The number of rotatable bonds is 8. The van der Waals surface area contributed by atoms with Crippen molar-refractivity contribution in [3.05, 3.63) is 21.6 Å². The summed E-state index contributed by atoms with van der Waals surface area (Å²) in [6, 6.07) is -1.72. The SMILES string of the molecule is CCCC(=O)NC(Cc1nc(C)[nH]c1[N+](=O)[O-])C(=O)[C@H](C)N. The van der Waals surface area contributed by atoms with Crippen molar-refractivity contribution in [2.24, 2.45) is 5.73 Å². The van der Waals surface area contributed by atoms with Gasteiger partial charge in [-0.15, -0.1) is 0 Å². The number of imidazole rings is 1. The Morgan fingerprint density at radius 3 is 2.64 bits per heavy atom. The summed E-state index contributed by atoms with van der Waals surface area (Å²) in [7, 11) is 0. The topological polar surface area (TPSA) is 144 Å². The van der Waals surface area contributed by atoms with Gasteiger partial charge in [-0.25, -0.2) is 9.97 Å². The van der Waals surface area contributed by atoms with Crippen molar-refractivity contribution in [3.63, 3.8) is 0 Å². The van der Waals surface area contributed by atoms with Crippen LogP contribution in [0.1, 0.15) is 38.2 Å². The molecule has 1 rings (SSSR count). The van der Waals surface area contributed by atoms with Gasteiger partial charge in [-0.05, 0) is 18.3 Å². The normalized spacial score (nSPS) is 13.5. The van der Waals surface area contributed by atoms with Crippen molar-refractivity contribution < 1.29 is 14.5 Å². The molecule has 0 aliphatic carbocycles. The molecule has 0 radical (unpaired) electrons. The first-order valence-corrected chi connectivity index (χ1v) is 7.04. The standard InChI is InChI=1S/C13H21N5O4/c1-4-5-11(19)17-9(12(20)7(2)14)6-10-13(18(21)22)16-8(3)15-10/h7,9H,4-6,14H2,1-3H3,(H,15,16)(H,17,19)/t7-,9?/m0/s1. The number of nitro groups is 1. The van der Waals surface area contributed by atoms with Crippen LogP contribution in [0.5, 0.6) is 0 Å². The van der Waals surface area contributed by atoms with Gasteiger partial charge in [-0.2, -0.15) is 0 Å². The number of ketones is 1. The Morgan fingerprint density at radius 2 is 2.14 bits per heavy atom. The third-order valence-corrected chi connectivity index (χ3v) is 3.06. The Hall–Kier alpha value is -2.29. The van der Waals surface area contributed by atoms with Gasteiger partial charge in [0.05, 0.1) is 12.1 Å². The Balaban J connectivity index is 3.00. The molecule has 0 bridgehead atoms. The van der Waals surface area contributed by atoms with Gasteiger partial charge in [-0.3, -0.25) is 9.59 Å². The second-order valence-corrected chi connectivity index (χ2v) is 5.14. The van der Waals surface area contributed by atoms with Gasteiger partial charge in [0, 0.05) is 19.8 Å². The van der Waals surface area contributed by atoms with E-state index >= 15 is 0 Å². The summed E-state index contributed by atoms with van der Waals surface area (Å²) in [6.07, 6.45) is 0.827. The summed E-state index contributed by atoms with van der Waals surface area (Å²) < 4.78 is 0. The highest BCUT2D eigenvalue weighted by Gasteiger charge is 2.28. The number of hydrogen-bond donors (Lipinski definition) is 3. The zero-order chi connectivity index (χ0) is 16.9. The molecule has 122 valence electrons. The lowest BCUT2D eigenvalue weighted by Crippen LogP contribution is -2.48. The van der Waals surface area contributed by atoms with E-state index in [1.54, 1.807) is 6.92 Å². The first-order chi connectivity index (χ1) is 10.3. The number of Topliss-reactive ketones (excluding diaryl/α,β-unsaturated/α-hetero) is 1. The van der Waals surface area contributed by atoms with Crippen LogP contribution in [0, 0.1) is 17.0 Å². The molecule has 0 fully saturated rings. The first kappa shape index (κ1) is 17.8. The molecule has 0 aliphatic rings. The van der Waals surface area contributed by atoms with E-state index in [9.17, 15) is 19.7 Å². The number of nitrogens with two attached hydrogens (primary N) is 1. The molecule has 0 saturated carbocycles. The van der Waals surface area contributed by atoms with Crippen LogP contribution in [0.4, 0.5) is 5.82 Å². The second kappa shape index (κ2) is 7.64. The van der Waals surface area contributed by atoms with E-state index in [4.69, 9.17) is 5.73 Å². The van der Waals surface area contributed by atoms with Crippen molar-refractivity contribution in [1.82, 2.24) is 15.3 Å². The molecule has 1 aromatic rings. The number of nitrogens with zero attached hydrogens (tertiary/aromatic N) is 2. The molecule has 1 aromatic heterocycles. The molecule has 9 heteroatoms. The number of aromatic amines is 1. The average Bonchev–Trinajstić information content (AvgIpc) is 2.78. The van der Waals surface area contributed by atoms with Crippen molar-refractivity contribution in [1.29, 1.82) is 0 Å². The highest BCUT2D eigenvalue weighted by Crippen LogP contribution is 2.17. The highest BCUT2D eigenvalue weighted by atomic mass is 16.6. The molecule has 0 spiro atoms. The van der Waals surface area contributed by atoms with Crippen LogP contribution in [0.3, 0.4) is 0 Å². The lowest BCUT2D eigenvalue weighted by atomic mass is 10.0. The lowest BCUT2D eigenvalue weighted by molar-refractivity contribution is -0.390. The maximum atomic E-state index is 12.1. The van der Waals surface area contributed by atoms with Gasteiger partial charge in [0.1, 0.15) is 5.69 Å². The Morgan fingerprint density at radius 1 is 1.50 bits per heavy atom. The van der Waals surface area contributed by atoms with E-state index in [1.807, 2.05) is 6.92 Å². The third kappa shape index (κ3) is 4.62. The maximum absolute atomic E-state index is 12.1.